The Bertz CT molecular complexity index is 1160. The third kappa shape index (κ3) is 3.53. The van der Waals surface area contributed by atoms with E-state index in [2.05, 4.69) is 9.97 Å². The average molecular weight is 375 g/mol. The van der Waals surface area contributed by atoms with E-state index in [1.807, 2.05) is 54.6 Å². The van der Waals surface area contributed by atoms with Crippen LogP contribution in [0.5, 0.6) is 5.75 Å². The number of fused-ring (bicyclic) bond motifs is 1. The van der Waals surface area contributed by atoms with E-state index in [1.54, 1.807) is 6.20 Å². The molecule has 0 spiro atoms. The van der Waals surface area contributed by atoms with Crippen molar-refractivity contribution in [3.8, 4) is 22.7 Å². The van der Waals surface area contributed by atoms with Crippen molar-refractivity contribution in [3.05, 3.63) is 76.8 Å². The second kappa shape index (κ2) is 7.67. The van der Waals surface area contributed by atoms with E-state index < -0.39 is 0 Å². The summed E-state index contributed by atoms with van der Waals surface area (Å²) < 4.78 is 7.12. The summed E-state index contributed by atoms with van der Waals surface area (Å²) in [6.45, 7) is 1.38. The third-order valence-corrected chi connectivity index (χ3v) is 4.49. The van der Waals surface area contributed by atoms with Crippen LogP contribution < -0.4 is 21.9 Å². The highest BCUT2D eigenvalue weighted by Gasteiger charge is 2.09. The molecule has 4 rings (SSSR count). The van der Waals surface area contributed by atoms with Gasteiger partial charge in [-0.15, -0.1) is 0 Å². The summed E-state index contributed by atoms with van der Waals surface area (Å²) in [7, 11) is 0. The van der Waals surface area contributed by atoms with E-state index in [1.165, 1.54) is 4.57 Å². The molecule has 0 amide bonds. The molecule has 2 aromatic carbocycles. The molecule has 7 nitrogen and oxygen atoms in total. The van der Waals surface area contributed by atoms with Crippen molar-refractivity contribution in [1.82, 2.24) is 14.5 Å². The monoisotopic (exact) mass is 375 g/mol. The molecule has 0 unspecified atom stereocenters. The zero-order valence-corrected chi connectivity index (χ0v) is 15.3. The van der Waals surface area contributed by atoms with E-state index >= 15 is 0 Å². The van der Waals surface area contributed by atoms with Gasteiger partial charge >= 0.3 is 5.69 Å². The summed E-state index contributed by atoms with van der Waals surface area (Å²) in [5, 5.41) is 0.839. The van der Waals surface area contributed by atoms with Gasteiger partial charge in [0.1, 0.15) is 18.0 Å². The van der Waals surface area contributed by atoms with Crippen LogP contribution in [0.15, 0.2) is 65.6 Å². The number of ether oxygens (including phenoxy) is 1. The fourth-order valence-corrected chi connectivity index (χ4v) is 3.06. The number of hydrogen-bond donors (Lipinski definition) is 3. The number of nitrogens with zero attached hydrogens (tertiary/aromatic N) is 2. The van der Waals surface area contributed by atoms with Gasteiger partial charge in [0.25, 0.3) is 0 Å². The molecular weight excluding hydrogens is 354 g/mol. The largest absolute Gasteiger partial charge is 0.492 e. The first-order valence-corrected chi connectivity index (χ1v) is 9.03. The number of H-pyrrole nitrogens is 1. The number of rotatable bonds is 6. The summed E-state index contributed by atoms with van der Waals surface area (Å²) in [5.74, 6) is 0.745. The fraction of sp³-hybridized carbons (Fsp3) is 0.143. The van der Waals surface area contributed by atoms with E-state index in [-0.39, 0.29) is 5.69 Å². The van der Waals surface area contributed by atoms with E-state index in [0.717, 1.165) is 33.6 Å². The minimum Gasteiger partial charge on any atom is -0.492 e. The molecule has 2 heterocycles. The number of benzene rings is 2. The predicted octanol–water partition coefficient (Wildman–Crippen LogP) is 2.18. The first-order chi connectivity index (χ1) is 13.7. The number of nitrogens with one attached hydrogen (secondary N) is 1. The van der Waals surface area contributed by atoms with Crippen molar-refractivity contribution in [3.63, 3.8) is 0 Å². The number of aromatic nitrogens is 3. The number of hydrogen-bond acceptors (Lipinski definition) is 5. The average Bonchev–Trinajstić information content (AvgIpc) is 3.15. The molecule has 7 heteroatoms. The van der Waals surface area contributed by atoms with Crippen molar-refractivity contribution >= 4 is 11.0 Å². The third-order valence-electron chi connectivity index (χ3n) is 4.49. The molecule has 0 atom stereocenters. The quantitative estimate of drug-likeness (QED) is 0.478. The van der Waals surface area contributed by atoms with Gasteiger partial charge in [-0.2, -0.15) is 4.98 Å². The van der Waals surface area contributed by atoms with Gasteiger partial charge in [-0.05, 0) is 35.9 Å². The van der Waals surface area contributed by atoms with Gasteiger partial charge in [-0.1, -0.05) is 24.3 Å². The second-order valence-electron chi connectivity index (χ2n) is 6.42. The Labute approximate surface area is 161 Å². The molecule has 5 N–H and O–H groups in total. The highest BCUT2D eigenvalue weighted by Crippen LogP contribution is 2.26. The second-order valence-corrected chi connectivity index (χ2v) is 6.42. The molecule has 28 heavy (non-hydrogen) atoms. The summed E-state index contributed by atoms with van der Waals surface area (Å²) >= 11 is 0. The SMILES string of the molecule is NCCOc1cccc(-c2cc3cn(-c4ccc(CN)cc4)c(=O)nc3[nH]2)c1. The highest BCUT2D eigenvalue weighted by molar-refractivity contribution is 5.82. The van der Waals surface area contributed by atoms with Gasteiger partial charge in [0.15, 0.2) is 0 Å². The van der Waals surface area contributed by atoms with Crippen LogP contribution in [-0.4, -0.2) is 27.7 Å². The van der Waals surface area contributed by atoms with Crippen LogP contribution in [0.4, 0.5) is 0 Å². The van der Waals surface area contributed by atoms with Crippen LogP contribution in [0.3, 0.4) is 0 Å². The normalized spacial score (nSPS) is 11.1. The highest BCUT2D eigenvalue weighted by atomic mass is 16.5. The van der Waals surface area contributed by atoms with Crippen molar-refractivity contribution < 1.29 is 4.74 Å². The first-order valence-electron chi connectivity index (χ1n) is 9.03. The molecule has 142 valence electrons. The van der Waals surface area contributed by atoms with Crippen molar-refractivity contribution in [1.29, 1.82) is 0 Å². The van der Waals surface area contributed by atoms with Gasteiger partial charge in [-0.25, -0.2) is 4.79 Å². The Balaban J connectivity index is 1.72. The van der Waals surface area contributed by atoms with E-state index in [0.29, 0.717) is 25.3 Å². The van der Waals surface area contributed by atoms with Crippen LogP contribution >= 0.6 is 0 Å². The maximum atomic E-state index is 12.5. The lowest BCUT2D eigenvalue weighted by atomic mass is 10.1. The topological polar surface area (TPSA) is 112 Å². The lowest BCUT2D eigenvalue weighted by molar-refractivity contribution is 0.328. The first kappa shape index (κ1) is 18.0. The summed E-state index contributed by atoms with van der Waals surface area (Å²) in [4.78, 5) is 19.9. The van der Waals surface area contributed by atoms with Crippen molar-refractivity contribution in [2.75, 3.05) is 13.2 Å². The van der Waals surface area contributed by atoms with Crippen LogP contribution in [0.2, 0.25) is 0 Å². The summed E-state index contributed by atoms with van der Waals surface area (Å²) in [6, 6.07) is 17.2. The zero-order valence-electron chi connectivity index (χ0n) is 15.3. The van der Waals surface area contributed by atoms with Gasteiger partial charge < -0.3 is 21.2 Å². The molecule has 0 aliphatic carbocycles. The minimum absolute atomic E-state index is 0.346. The number of nitrogens with two attached hydrogens (primary N) is 2. The molecular formula is C21H21N5O2. The maximum absolute atomic E-state index is 12.5. The Morgan fingerprint density at radius 1 is 1.07 bits per heavy atom. The lowest BCUT2D eigenvalue weighted by Crippen LogP contribution is -2.20. The molecule has 0 bridgehead atoms. The standard InChI is InChI=1S/C21H21N5O2/c22-8-9-28-18-3-1-2-15(10-18)19-11-16-13-26(21(27)25-20(16)24-19)17-6-4-14(12-23)5-7-17/h1-7,10-11,13H,8-9,12,22-23H2,(H,24,25,27). The molecule has 0 saturated carbocycles. The molecule has 0 aliphatic rings. The van der Waals surface area contributed by atoms with Crippen LogP contribution in [-0.2, 0) is 6.54 Å². The Kier molecular flexibility index (Phi) is 4.92. The van der Waals surface area contributed by atoms with Crippen LogP contribution in [0.25, 0.3) is 28.0 Å². The van der Waals surface area contributed by atoms with Gasteiger partial charge in [0.2, 0.25) is 0 Å². The predicted molar refractivity (Wildman–Crippen MR) is 110 cm³/mol. The summed E-state index contributed by atoms with van der Waals surface area (Å²) in [5.41, 5.74) is 14.9. The van der Waals surface area contributed by atoms with Crippen LogP contribution in [0, 0.1) is 0 Å². The maximum Gasteiger partial charge on any atom is 0.354 e. The van der Waals surface area contributed by atoms with Gasteiger partial charge in [0.05, 0.1) is 5.69 Å². The molecule has 0 radical (unpaired) electrons. The number of aromatic amines is 1. The Morgan fingerprint density at radius 2 is 1.89 bits per heavy atom. The Hall–Kier alpha value is -3.42. The van der Waals surface area contributed by atoms with Crippen molar-refractivity contribution in [2.24, 2.45) is 11.5 Å². The van der Waals surface area contributed by atoms with E-state index in [9.17, 15) is 4.79 Å². The van der Waals surface area contributed by atoms with Crippen LogP contribution in [0.1, 0.15) is 5.56 Å². The molecule has 0 saturated heterocycles. The fourth-order valence-electron chi connectivity index (χ4n) is 3.06. The van der Waals surface area contributed by atoms with Gasteiger partial charge in [-0.3, -0.25) is 4.57 Å². The lowest BCUT2D eigenvalue weighted by Gasteiger charge is -2.05. The summed E-state index contributed by atoms with van der Waals surface area (Å²) in [6.07, 6.45) is 1.79. The Morgan fingerprint density at radius 3 is 2.64 bits per heavy atom. The smallest absolute Gasteiger partial charge is 0.354 e. The zero-order chi connectivity index (χ0) is 19.5. The molecule has 0 fully saturated rings. The van der Waals surface area contributed by atoms with Crippen molar-refractivity contribution in [2.45, 2.75) is 6.54 Å². The minimum atomic E-state index is -0.346. The van der Waals surface area contributed by atoms with Gasteiger partial charge in [0, 0.05) is 35.9 Å². The molecule has 2 aromatic heterocycles. The molecule has 0 aliphatic heterocycles. The van der Waals surface area contributed by atoms with E-state index in [4.69, 9.17) is 16.2 Å². The molecule has 4 aromatic rings.